The lowest BCUT2D eigenvalue weighted by Crippen LogP contribution is -2.50. The van der Waals surface area contributed by atoms with Crippen LogP contribution in [0, 0.1) is 27.7 Å². The van der Waals surface area contributed by atoms with Crippen molar-refractivity contribution >= 4 is 27.3 Å². The Balaban J connectivity index is 1.20. The van der Waals surface area contributed by atoms with E-state index in [1.807, 2.05) is 44.0 Å². The molecule has 0 radical (unpaired) electrons. The fourth-order valence-corrected chi connectivity index (χ4v) is 7.55. The highest BCUT2D eigenvalue weighted by atomic mass is 32.2. The molecule has 36 heavy (non-hydrogen) atoms. The Morgan fingerprint density at radius 3 is 2.28 bits per heavy atom. The van der Waals surface area contributed by atoms with Gasteiger partial charge in [-0.3, -0.25) is 9.69 Å². The first-order chi connectivity index (χ1) is 17.2. The van der Waals surface area contributed by atoms with Crippen LogP contribution in [0.25, 0.3) is 0 Å². The van der Waals surface area contributed by atoms with Crippen molar-refractivity contribution in [3.8, 4) is 5.19 Å². The monoisotopic (exact) mass is 534 g/mol. The molecule has 2 fully saturated rings. The summed E-state index contributed by atoms with van der Waals surface area (Å²) < 4.78 is 34.7. The number of thiazole rings is 1. The highest BCUT2D eigenvalue weighted by Gasteiger charge is 2.30. The highest BCUT2D eigenvalue weighted by Crippen LogP contribution is 2.27. The Bertz CT molecular complexity index is 1120. The number of nitrogens with zero attached hydrogens (tertiary/aromatic N) is 3. The quantitative estimate of drug-likeness (QED) is 0.557. The van der Waals surface area contributed by atoms with E-state index >= 15 is 0 Å². The molecule has 10 heteroatoms. The van der Waals surface area contributed by atoms with Gasteiger partial charge in [0.15, 0.2) is 0 Å². The van der Waals surface area contributed by atoms with Crippen molar-refractivity contribution in [2.45, 2.75) is 76.8 Å². The van der Waals surface area contributed by atoms with Crippen LogP contribution in [0.2, 0.25) is 0 Å². The van der Waals surface area contributed by atoms with E-state index in [0.717, 1.165) is 79.3 Å². The number of benzene rings is 1. The number of likely N-dealkylation sites (tertiary alicyclic amines) is 2. The summed E-state index contributed by atoms with van der Waals surface area (Å²) in [5.41, 5.74) is 3.43. The summed E-state index contributed by atoms with van der Waals surface area (Å²) in [5, 5.41) is 2.68. The third-order valence-electron chi connectivity index (χ3n) is 7.68. The number of amides is 1. The van der Waals surface area contributed by atoms with Crippen LogP contribution in [0.3, 0.4) is 0 Å². The largest absolute Gasteiger partial charge is 0.467 e. The minimum atomic E-state index is -3.68. The Morgan fingerprint density at radius 2 is 1.69 bits per heavy atom. The minimum absolute atomic E-state index is 0.0144. The standard InChI is InChI=1S/C26H38N4O4S2/c1-18-17-19(2)21(4)25(20(18)3)36(32,33)28-10-5-24(31)30-12-6-22(7-13-30)29-14-8-23(9-15-29)34-26-27-11-16-35-26/h11,16-17,22-23,28H,5-10,12-15H2,1-4H3. The summed E-state index contributed by atoms with van der Waals surface area (Å²) in [5.74, 6) is 0.0144. The van der Waals surface area contributed by atoms with Crippen LogP contribution in [0.15, 0.2) is 22.5 Å². The lowest BCUT2D eigenvalue weighted by Gasteiger charge is -2.41. The lowest BCUT2D eigenvalue weighted by molar-refractivity contribution is -0.132. The molecule has 0 spiro atoms. The van der Waals surface area contributed by atoms with Gasteiger partial charge < -0.3 is 9.64 Å². The van der Waals surface area contributed by atoms with Crippen LogP contribution in [0.1, 0.15) is 54.4 Å². The zero-order chi connectivity index (χ0) is 25.9. The number of ether oxygens (including phenoxy) is 1. The molecule has 2 aromatic rings. The van der Waals surface area contributed by atoms with Gasteiger partial charge in [0.1, 0.15) is 6.10 Å². The number of aryl methyl sites for hydroxylation is 2. The van der Waals surface area contributed by atoms with Gasteiger partial charge in [0.25, 0.3) is 5.19 Å². The average Bonchev–Trinajstić information content (AvgIpc) is 3.36. The van der Waals surface area contributed by atoms with Gasteiger partial charge in [0.2, 0.25) is 15.9 Å². The number of carbonyl (C=O) groups is 1. The summed E-state index contributed by atoms with van der Waals surface area (Å²) in [6.07, 6.45) is 6.08. The van der Waals surface area contributed by atoms with Gasteiger partial charge in [0, 0.05) is 56.8 Å². The Kier molecular flexibility index (Phi) is 8.70. The van der Waals surface area contributed by atoms with Crippen molar-refractivity contribution in [3.05, 3.63) is 39.9 Å². The summed E-state index contributed by atoms with van der Waals surface area (Å²) in [4.78, 5) is 21.8. The van der Waals surface area contributed by atoms with Gasteiger partial charge in [-0.25, -0.2) is 18.1 Å². The molecular weight excluding hydrogens is 496 g/mol. The number of sulfonamides is 1. The van der Waals surface area contributed by atoms with Crippen molar-refractivity contribution < 1.29 is 17.9 Å². The van der Waals surface area contributed by atoms with Crippen LogP contribution in [-0.2, 0) is 14.8 Å². The minimum Gasteiger partial charge on any atom is -0.467 e. The molecule has 0 unspecified atom stereocenters. The first-order valence-corrected chi connectivity index (χ1v) is 15.2. The van der Waals surface area contributed by atoms with Gasteiger partial charge >= 0.3 is 0 Å². The van der Waals surface area contributed by atoms with Crippen LogP contribution >= 0.6 is 11.3 Å². The second-order valence-corrected chi connectivity index (χ2v) is 12.6. The third-order valence-corrected chi connectivity index (χ3v) is 10.1. The molecule has 1 aromatic heterocycles. The van der Waals surface area contributed by atoms with Crippen LogP contribution in [0.5, 0.6) is 5.19 Å². The van der Waals surface area contributed by atoms with Gasteiger partial charge in [-0.05, 0) is 75.6 Å². The van der Waals surface area contributed by atoms with E-state index in [4.69, 9.17) is 4.74 Å². The number of nitrogens with one attached hydrogen (secondary N) is 1. The van der Waals surface area contributed by atoms with E-state index in [0.29, 0.717) is 10.9 Å². The van der Waals surface area contributed by atoms with Gasteiger partial charge in [0.05, 0.1) is 4.90 Å². The summed E-state index contributed by atoms with van der Waals surface area (Å²) in [7, 11) is -3.68. The Labute approximate surface area is 219 Å². The maximum atomic E-state index is 13.0. The molecule has 1 N–H and O–H groups in total. The van der Waals surface area contributed by atoms with Crippen LogP contribution in [0.4, 0.5) is 0 Å². The number of aromatic nitrogens is 1. The molecule has 2 aliphatic heterocycles. The lowest BCUT2D eigenvalue weighted by atomic mass is 9.98. The molecule has 198 valence electrons. The molecule has 4 rings (SSSR count). The maximum Gasteiger partial charge on any atom is 0.273 e. The SMILES string of the molecule is Cc1cc(C)c(C)c(S(=O)(=O)NCCC(=O)N2CCC(N3CCC(Oc4nccs4)CC3)CC2)c1C. The van der Waals surface area contributed by atoms with E-state index in [2.05, 4.69) is 14.6 Å². The average molecular weight is 535 g/mol. The normalized spacial score (nSPS) is 18.5. The van der Waals surface area contributed by atoms with E-state index in [-0.39, 0.29) is 25.0 Å². The zero-order valence-corrected chi connectivity index (χ0v) is 23.4. The fraction of sp³-hybridized carbons (Fsp3) is 0.615. The zero-order valence-electron chi connectivity index (χ0n) is 21.7. The summed E-state index contributed by atoms with van der Waals surface area (Å²) in [6.45, 7) is 11.1. The predicted molar refractivity (Wildman–Crippen MR) is 142 cm³/mol. The molecule has 1 aromatic carbocycles. The predicted octanol–water partition coefficient (Wildman–Crippen LogP) is 3.58. The van der Waals surface area contributed by atoms with E-state index in [9.17, 15) is 13.2 Å². The molecular formula is C26H38N4O4S2. The first-order valence-electron chi connectivity index (χ1n) is 12.8. The molecule has 1 amide bonds. The van der Waals surface area contributed by atoms with E-state index in [1.54, 1.807) is 6.20 Å². The molecule has 8 nitrogen and oxygen atoms in total. The van der Waals surface area contributed by atoms with Gasteiger partial charge in [-0.2, -0.15) is 0 Å². The second-order valence-electron chi connectivity index (χ2n) is 10.0. The molecule has 0 saturated carbocycles. The smallest absolute Gasteiger partial charge is 0.273 e. The number of hydrogen-bond acceptors (Lipinski definition) is 7. The number of rotatable bonds is 8. The van der Waals surface area contributed by atoms with Crippen molar-refractivity contribution in [1.82, 2.24) is 19.5 Å². The summed E-state index contributed by atoms with van der Waals surface area (Å²) in [6, 6.07) is 2.50. The molecule has 2 aliphatic rings. The topological polar surface area (TPSA) is 91.8 Å². The van der Waals surface area contributed by atoms with Crippen molar-refractivity contribution in [2.24, 2.45) is 0 Å². The summed E-state index contributed by atoms with van der Waals surface area (Å²) >= 11 is 1.53. The number of piperidine rings is 2. The third kappa shape index (κ3) is 6.27. The van der Waals surface area contributed by atoms with Crippen LogP contribution < -0.4 is 9.46 Å². The molecule has 0 atom stereocenters. The number of hydrogen-bond donors (Lipinski definition) is 1. The Morgan fingerprint density at radius 1 is 1.06 bits per heavy atom. The molecule has 2 saturated heterocycles. The van der Waals surface area contributed by atoms with E-state index < -0.39 is 10.0 Å². The number of carbonyl (C=O) groups excluding carboxylic acids is 1. The second kappa shape index (κ2) is 11.6. The maximum absolute atomic E-state index is 13.0. The van der Waals surface area contributed by atoms with Gasteiger partial charge in [-0.1, -0.05) is 17.4 Å². The molecule has 0 bridgehead atoms. The van der Waals surface area contributed by atoms with E-state index in [1.165, 1.54) is 11.3 Å². The molecule has 0 aliphatic carbocycles. The van der Waals surface area contributed by atoms with Gasteiger partial charge in [-0.15, -0.1) is 0 Å². The van der Waals surface area contributed by atoms with Crippen molar-refractivity contribution in [3.63, 3.8) is 0 Å². The van der Waals surface area contributed by atoms with Crippen molar-refractivity contribution in [2.75, 3.05) is 32.7 Å². The highest BCUT2D eigenvalue weighted by molar-refractivity contribution is 7.89. The molecule has 3 heterocycles. The first kappa shape index (κ1) is 27.0. The Hall–Kier alpha value is -2.01. The van der Waals surface area contributed by atoms with Crippen LogP contribution in [-0.4, -0.2) is 74.0 Å². The fourth-order valence-electron chi connectivity index (χ4n) is 5.36. The van der Waals surface area contributed by atoms with Crippen molar-refractivity contribution in [1.29, 1.82) is 0 Å².